The van der Waals surface area contributed by atoms with Gasteiger partial charge in [0.15, 0.2) is 0 Å². The van der Waals surface area contributed by atoms with Crippen LogP contribution in [0.25, 0.3) is 4.85 Å². The third kappa shape index (κ3) is 26.7. The Labute approximate surface area is 166 Å². The Hall–Kier alpha value is 3.23. The predicted octanol–water partition coefficient (Wildman–Crippen LogP) is 1.63. The molecule has 0 saturated heterocycles. The van der Waals surface area contributed by atoms with Gasteiger partial charge in [-0.15, -0.1) is 0 Å². The van der Waals surface area contributed by atoms with Crippen LogP contribution < -0.4 is 0 Å². The van der Waals surface area contributed by atoms with Gasteiger partial charge in [-0.05, 0) is 0 Å². The number of hydrogen-bond acceptors (Lipinski definition) is 0. The van der Waals surface area contributed by atoms with E-state index in [4.69, 9.17) is 6.57 Å². The molecule has 0 aliphatic rings. The van der Waals surface area contributed by atoms with Gasteiger partial charge in [-0.25, -0.2) is 0 Å². The molecule has 0 rings (SSSR count). The Bertz CT molecular complexity index is 196. The summed E-state index contributed by atoms with van der Waals surface area (Å²) in [5, 5.41) is 0. The van der Waals surface area contributed by atoms with Crippen molar-refractivity contribution in [3.05, 3.63) is 23.1 Å². The fourth-order valence-corrected chi connectivity index (χ4v) is 1.09. The van der Waals surface area contributed by atoms with Gasteiger partial charge in [0.2, 0.25) is 0 Å². The minimum absolute atomic E-state index is 0. The normalized spacial score (nSPS) is 7.73. The van der Waals surface area contributed by atoms with Crippen LogP contribution in [-0.4, -0.2) is 10.9 Å². The summed E-state index contributed by atoms with van der Waals surface area (Å²) in [5.41, 5.74) is 1.06. The molecular weight excluding hydrogens is 1210 g/mol. The molecule has 0 aliphatic heterocycles. The van der Waals surface area contributed by atoms with Gasteiger partial charge in [-0.1, -0.05) is 0 Å². The van der Waals surface area contributed by atoms with Gasteiger partial charge in [0.25, 0.3) is 0 Å². The van der Waals surface area contributed by atoms with E-state index in [1.807, 2.05) is 4.40 Å². The van der Waals surface area contributed by atoms with E-state index in [0.29, 0.717) is 12.5 Å². The van der Waals surface area contributed by atoms with Gasteiger partial charge < -0.3 is 0 Å². The zero-order valence-electron chi connectivity index (χ0n) is 8.26. The van der Waals surface area contributed by atoms with Gasteiger partial charge in [0.05, 0.1) is 0 Å². The molecule has 0 fully saturated rings. The number of rotatable bonds is 3. The molecule has 0 aromatic carbocycles. The molecule has 0 N–H and O–H groups in total. The van der Waals surface area contributed by atoms with Gasteiger partial charge in [-0.3, -0.25) is 0 Å². The van der Waals surface area contributed by atoms with E-state index in [-0.39, 0.29) is 63.2 Å². The zero-order chi connectivity index (χ0) is 9.98. The first-order valence-electron chi connectivity index (χ1n) is 3.28. The van der Waals surface area contributed by atoms with Gasteiger partial charge in [-0.2, -0.15) is 0 Å². The molecule has 0 atom stereocenters. The summed E-state index contributed by atoms with van der Waals surface area (Å²) >= 11 is 4.72. The Balaban J connectivity index is -0.0000000626. The molecule has 1 nitrogen and oxygen atoms in total. The Morgan fingerprint density at radius 3 is 1.93 bits per heavy atom. The van der Waals surface area contributed by atoms with Crippen LogP contribution in [0.1, 0.15) is 13.8 Å². The average Bonchev–Trinajstić information content (AvgIpc) is 2.07. The van der Waals surface area contributed by atoms with Crippen molar-refractivity contribution in [2.75, 3.05) is 6.54 Å². The van der Waals surface area contributed by atoms with Gasteiger partial charge in [0.1, 0.15) is 0 Å². The number of nitrogens with zero attached hydrogens (tertiary/aromatic N) is 1. The quantitative estimate of drug-likeness (QED) is 0.380. The third-order valence-electron chi connectivity index (χ3n) is 0.866. The van der Waals surface area contributed by atoms with Crippen molar-refractivity contribution >= 4 is 4.40 Å². The molecule has 0 heterocycles. The fourth-order valence-electron chi connectivity index (χ4n) is 0.573. The summed E-state index contributed by atoms with van der Waals surface area (Å²) in [5.74, 6) is 0.437. The number of hydrogen-bond donors (Lipinski definition) is 0. The van der Waals surface area contributed by atoms with Crippen LogP contribution in [-0.2, 0) is 115 Å². The van der Waals surface area contributed by atoms with E-state index in [1.54, 1.807) is 32.4 Å². The molecule has 0 aliphatic carbocycles. The molecular formula is C8H10NW6-. The second-order valence-corrected chi connectivity index (χ2v) is 3.11. The predicted molar refractivity (Wildman–Crippen MR) is 39.1 cm³/mol. The zero-order valence-corrected chi connectivity index (χ0v) is 25.9. The van der Waals surface area contributed by atoms with Crippen LogP contribution in [0.15, 0.2) is 5.57 Å². The maximum absolute atomic E-state index is 6.63. The van der Waals surface area contributed by atoms with Crippen molar-refractivity contribution < 1.29 is 115 Å². The summed E-state index contributed by atoms with van der Waals surface area (Å²) in [7, 11) is 0. The molecule has 0 unspecified atom stereocenters. The van der Waals surface area contributed by atoms with Crippen LogP contribution in [0, 0.1) is 18.6 Å². The minimum atomic E-state index is 0. The summed E-state index contributed by atoms with van der Waals surface area (Å²) in [6, 6.07) is 0. The van der Waals surface area contributed by atoms with Gasteiger partial charge >= 0.3 is 106 Å². The Kier molecular flexibility index (Phi) is 53.4. The molecule has 0 radical (unpaired) electrons. The van der Waals surface area contributed by atoms with Crippen LogP contribution in [0.3, 0.4) is 0 Å². The van der Waals surface area contributed by atoms with Crippen molar-refractivity contribution in [3.63, 3.8) is 0 Å². The summed E-state index contributed by atoms with van der Waals surface area (Å²) in [6.45, 7) is 11.3. The summed E-state index contributed by atoms with van der Waals surface area (Å²) in [6.07, 6.45) is 3.20. The average molecular weight is 1220 g/mol. The molecule has 0 aromatic heterocycles. The first kappa shape index (κ1) is 30.9. The van der Waals surface area contributed by atoms with Crippen molar-refractivity contribution in [2.24, 2.45) is 5.92 Å². The maximum atomic E-state index is 6.63. The first-order chi connectivity index (χ1) is 5.70. The van der Waals surface area contributed by atoms with Crippen LogP contribution >= 0.6 is 0 Å². The molecule has 0 saturated carbocycles. The van der Waals surface area contributed by atoms with E-state index >= 15 is 0 Å². The van der Waals surface area contributed by atoms with Crippen molar-refractivity contribution in [1.29, 1.82) is 0 Å². The molecule has 0 spiro atoms. The summed E-state index contributed by atoms with van der Waals surface area (Å²) < 4.78 is 2.03. The SMILES string of the molecule is [C-]#[N+]CC(=[C-]C(C)C)[CH]=[W].[W].[W].[W].[W]=[W]. The second-order valence-electron chi connectivity index (χ2n) is 2.26. The van der Waals surface area contributed by atoms with E-state index in [2.05, 4.69) is 24.8 Å². The van der Waals surface area contributed by atoms with Crippen molar-refractivity contribution in [3.8, 4) is 0 Å². The molecule has 0 aromatic rings. The topological polar surface area (TPSA) is 4.36 Å². The Morgan fingerprint density at radius 1 is 1.33 bits per heavy atom. The standard InChI is InChI=1S/C8H10N.6W/c1-7(2)5-8(3)6-9-4;;;;;;/h3,7H,6H2,1-2H3;;;;;;/q-1;;;;;;. The monoisotopic (exact) mass is 1220 g/mol. The van der Waals surface area contributed by atoms with E-state index in [9.17, 15) is 0 Å². The second kappa shape index (κ2) is 25.9. The third-order valence-corrected chi connectivity index (χ3v) is 1.89. The molecule has 0 amide bonds. The van der Waals surface area contributed by atoms with Crippen molar-refractivity contribution in [1.82, 2.24) is 0 Å². The van der Waals surface area contributed by atoms with Crippen LogP contribution in [0.4, 0.5) is 0 Å². The molecule has 7 heteroatoms. The van der Waals surface area contributed by atoms with Crippen LogP contribution in [0.5, 0.6) is 0 Å². The molecule has 84 valence electrons. The molecule has 15 heavy (non-hydrogen) atoms. The van der Waals surface area contributed by atoms with E-state index < -0.39 is 0 Å². The van der Waals surface area contributed by atoms with Crippen molar-refractivity contribution in [2.45, 2.75) is 13.8 Å². The fraction of sp³-hybridized carbons (Fsp3) is 0.500. The number of allylic oxidation sites excluding steroid dienone is 1. The van der Waals surface area contributed by atoms with Gasteiger partial charge in [0, 0.05) is 63.2 Å². The molecule has 0 bridgehead atoms. The Morgan fingerprint density at radius 2 is 1.73 bits per heavy atom. The first-order valence-corrected chi connectivity index (χ1v) is 16.0. The van der Waals surface area contributed by atoms with E-state index in [0.717, 1.165) is 5.57 Å². The van der Waals surface area contributed by atoms with E-state index in [1.165, 1.54) is 19.4 Å². The van der Waals surface area contributed by atoms with Crippen LogP contribution in [0.2, 0.25) is 0 Å². The summed E-state index contributed by atoms with van der Waals surface area (Å²) in [4.78, 5) is 3.29.